The van der Waals surface area contributed by atoms with Crippen LogP contribution < -0.4 is 19.7 Å². The molecule has 2 aliphatic rings. The van der Waals surface area contributed by atoms with Crippen LogP contribution in [0.3, 0.4) is 0 Å². The summed E-state index contributed by atoms with van der Waals surface area (Å²) in [5.41, 5.74) is 2.70. The van der Waals surface area contributed by atoms with Gasteiger partial charge in [-0.1, -0.05) is 23.4 Å². The molecular weight excluding hydrogens is 468 g/mol. The third kappa shape index (κ3) is 5.32. The Morgan fingerprint density at radius 2 is 1.95 bits per heavy atom. The number of methoxy groups -OCH3 is 1. The molecule has 0 saturated carbocycles. The Hall–Kier alpha value is -3.85. The van der Waals surface area contributed by atoms with Gasteiger partial charge >= 0.3 is 0 Å². The smallest absolute Gasteiger partial charge is 0.213 e. The topological polar surface area (TPSA) is 88.8 Å². The van der Waals surface area contributed by atoms with E-state index in [9.17, 15) is 0 Å². The number of benzene rings is 1. The molecule has 6 rings (SSSR count). The molecule has 5 heterocycles. The number of para-hydroxylation sites is 1. The van der Waals surface area contributed by atoms with Crippen LogP contribution in [0.5, 0.6) is 11.8 Å². The number of piperidine rings is 1. The van der Waals surface area contributed by atoms with Crippen LogP contribution >= 0.6 is 0 Å². The fraction of sp³-hybridized carbons (Fsp3) is 0.393. The molecule has 2 saturated heterocycles. The van der Waals surface area contributed by atoms with E-state index in [1.807, 2.05) is 48.5 Å². The molecule has 1 N–H and O–H groups in total. The summed E-state index contributed by atoms with van der Waals surface area (Å²) in [4.78, 5) is 13.9. The van der Waals surface area contributed by atoms with Crippen molar-refractivity contribution in [2.24, 2.45) is 5.92 Å². The SMILES string of the molecule is COc1ccc(NCc2cccc(OCC3CCC4CN(c5noc6ccccc56)CCN4C3)n2)cn1. The summed E-state index contributed by atoms with van der Waals surface area (Å²) in [5.74, 6) is 2.75. The monoisotopic (exact) mass is 500 g/mol. The highest BCUT2D eigenvalue weighted by molar-refractivity contribution is 5.88. The van der Waals surface area contributed by atoms with Crippen molar-refractivity contribution in [3.63, 3.8) is 0 Å². The maximum absolute atomic E-state index is 6.15. The van der Waals surface area contributed by atoms with Gasteiger partial charge in [-0.3, -0.25) is 4.90 Å². The molecule has 0 amide bonds. The number of hydrogen-bond acceptors (Lipinski definition) is 9. The first kappa shape index (κ1) is 23.5. The number of hydrogen-bond donors (Lipinski definition) is 1. The molecule has 37 heavy (non-hydrogen) atoms. The number of rotatable bonds is 8. The van der Waals surface area contributed by atoms with E-state index >= 15 is 0 Å². The maximum atomic E-state index is 6.15. The third-order valence-electron chi connectivity index (χ3n) is 7.33. The molecule has 0 aliphatic carbocycles. The number of nitrogens with zero attached hydrogens (tertiary/aromatic N) is 5. The fourth-order valence-corrected chi connectivity index (χ4v) is 5.33. The van der Waals surface area contributed by atoms with Gasteiger partial charge in [0.15, 0.2) is 11.4 Å². The highest BCUT2D eigenvalue weighted by Gasteiger charge is 2.34. The molecule has 2 atom stereocenters. The van der Waals surface area contributed by atoms with Crippen LogP contribution in [0.15, 0.2) is 65.3 Å². The molecule has 192 valence electrons. The van der Waals surface area contributed by atoms with Gasteiger partial charge in [0, 0.05) is 50.3 Å². The zero-order chi connectivity index (χ0) is 25.0. The van der Waals surface area contributed by atoms with Crippen molar-refractivity contribution in [3.8, 4) is 11.8 Å². The number of anilines is 2. The van der Waals surface area contributed by atoms with E-state index in [-0.39, 0.29) is 0 Å². The number of nitrogens with one attached hydrogen (secondary N) is 1. The van der Waals surface area contributed by atoms with Crippen molar-refractivity contribution >= 4 is 22.5 Å². The van der Waals surface area contributed by atoms with Gasteiger partial charge in [-0.05, 0) is 37.1 Å². The van der Waals surface area contributed by atoms with Gasteiger partial charge in [-0.15, -0.1) is 0 Å². The van der Waals surface area contributed by atoms with Crippen molar-refractivity contribution < 1.29 is 14.0 Å². The normalized spacial score (nSPS) is 20.0. The molecule has 9 nitrogen and oxygen atoms in total. The third-order valence-corrected chi connectivity index (χ3v) is 7.33. The summed E-state index contributed by atoms with van der Waals surface area (Å²) in [7, 11) is 1.61. The lowest BCUT2D eigenvalue weighted by molar-refractivity contribution is 0.0716. The van der Waals surface area contributed by atoms with Crippen molar-refractivity contribution in [2.45, 2.75) is 25.4 Å². The van der Waals surface area contributed by atoms with Crippen LogP contribution in [-0.4, -0.2) is 66.0 Å². The Bertz CT molecular complexity index is 1330. The van der Waals surface area contributed by atoms with E-state index in [1.54, 1.807) is 13.3 Å². The first-order chi connectivity index (χ1) is 18.2. The molecule has 0 bridgehead atoms. The summed E-state index contributed by atoms with van der Waals surface area (Å²) in [5, 5.41) is 8.81. The number of piperazine rings is 1. The summed E-state index contributed by atoms with van der Waals surface area (Å²) >= 11 is 0. The van der Waals surface area contributed by atoms with E-state index in [1.165, 1.54) is 0 Å². The molecule has 2 aliphatic heterocycles. The maximum Gasteiger partial charge on any atom is 0.213 e. The van der Waals surface area contributed by atoms with Crippen LogP contribution in [0.2, 0.25) is 0 Å². The minimum atomic E-state index is 0.504. The minimum absolute atomic E-state index is 0.504. The number of ether oxygens (including phenoxy) is 2. The van der Waals surface area contributed by atoms with E-state index in [0.29, 0.717) is 36.9 Å². The molecule has 4 aromatic rings. The van der Waals surface area contributed by atoms with Gasteiger partial charge in [0.05, 0.1) is 43.2 Å². The lowest BCUT2D eigenvalue weighted by atomic mass is 9.91. The Kier molecular flexibility index (Phi) is 6.77. The zero-order valence-electron chi connectivity index (χ0n) is 21.0. The molecule has 0 radical (unpaired) electrons. The standard InChI is InChI=1S/C28H32N6O3/c1-35-26-12-10-21(15-30-26)29-16-22-5-4-8-27(31-22)36-19-20-9-11-23-18-34(14-13-33(23)17-20)28-24-6-2-3-7-25(24)37-32-28/h2-8,10,12,15,20,23,29H,9,11,13-14,16-19H2,1H3. The summed E-state index contributed by atoms with van der Waals surface area (Å²) in [6, 6.07) is 18.4. The van der Waals surface area contributed by atoms with Crippen molar-refractivity contribution in [1.29, 1.82) is 0 Å². The van der Waals surface area contributed by atoms with E-state index < -0.39 is 0 Å². The molecule has 1 aromatic carbocycles. The van der Waals surface area contributed by atoms with Crippen LogP contribution in [0.25, 0.3) is 11.0 Å². The first-order valence-corrected chi connectivity index (χ1v) is 12.9. The summed E-state index contributed by atoms with van der Waals surface area (Å²) in [6.45, 7) is 5.33. The van der Waals surface area contributed by atoms with Crippen LogP contribution in [0.4, 0.5) is 11.5 Å². The molecule has 3 aromatic heterocycles. The van der Waals surface area contributed by atoms with E-state index in [4.69, 9.17) is 14.0 Å². The van der Waals surface area contributed by atoms with Crippen LogP contribution in [-0.2, 0) is 6.54 Å². The minimum Gasteiger partial charge on any atom is -0.481 e. The van der Waals surface area contributed by atoms with Crippen LogP contribution in [0.1, 0.15) is 18.5 Å². The van der Waals surface area contributed by atoms with Gasteiger partial charge < -0.3 is 24.2 Å². The number of fused-ring (bicyclic) bond motifs is 2. The highest BCUT2D eigenvalue weighted by Crippen LogP contribution is 2.31. The second kappa shape index (κ2) is 10.6. The lowest BCUT2D eigenvalue weighted by Gasteiger charge is -2.46. The largest absolute Gasteiger partial charge is 0.481 e. The van der Waals surface area contributed by atoms with Crippen LogP contribution in [0, 0.1) is 5.92 Å². The Morgan fingerprint density at radius 3 is 2.84 bits per heavy atom. The summed E-state index contributed by atoms with van der Waals surface area (Å²) < 4.78 is 16.8. The average Bonchev–Trinajstić information content (AvgIpc) is 3.39. The number of aromatic nitrogens is 3. The van der Waals surface area contributed by atoms with Gasteiger partial charge in [0.1, 0.15) is 0 Å². The molecule has 2 unspecified atom stereocenters. The first-order valence-electron chi connectivity index (χ1n) is 12.9. The predicted octanol–water partition coefficient (Wildman–Crippen LogP) is 4.22. The van der Waals surface area contributed by atoms with Crippen molar-refractivity contribution in [1.82, 2.24) is 20.0 Å². The Balaban J connectivity index is 0.992. The zero-order valence-corrected chi connectivity index (χ0v) is 21.0. The van der Waals surface area contributed by atoms with Gasteiger partial charge in [0.25, 0.3) is 0 Å². The lowest BCUT2D eigenvalue weighted by Crippen LogP contribution is -2.57. The second-order valence-corrected chi connectivity index (χ2v) is 9.76. The van der Waals surface area contributed by atoms with E-state index in [2.05, 4.69) is 36.3 Å². The number of pyridine rings is 2. The Labute approximate surface area is 216 Å². The molecular formula is C28H32N6O3. The Morgan fingerprint density at radius 1 is 1.00 bits per heavy atom. The van der Waals surface area contributed by atoms with Gasteiger partial charge in [-0.25, -0.2) is 9.97 Å². The van der Waals surface area contributed by atoms with Crippen molar-refractivity contribution in [3.05, 3.63) is 66.5 Å². The highest BCUT2D eigenvalue weighted by atomic mass is 16.5. The predicted molar refractivity (Wildman–Crippen MR) is 142 cm³/mol. The van der Waals surface area contributed by atoms with E-state index in [0.717, 1.165) is 67.2 Å². The molecule has 0 spiro atoms. The average molecular weight is 501 g/mol. The second-order valence-electron chi connectivity index (χ2n) is 9.76. The van der Waals surface area contributed by atoms with Gasteiger partial charge in [0.2, 0.25) is 11.8 Å². The van der Waals surface area contributed by atoms with Crippen molar-refractivity contribution in [2.75, 3.05) is 50.1 Å². The molecule has 2 fully saturated rings. The quantitative estimate of drug-likeness (QED) is 0.382. The summed E-state index contributed by atoms with van der Waals surface area (Å²) in [6.07, 6.45) is 4.07. The van der Waals surface area contributed by atoms with Gasteiger partial charge in [-0.2, -0.15) is 0 Å². The molecule has 9 heteroatoms. The fourth-order valence-electron chi connectivity index (χ4n) is 5.33.